The van der Waals surface area contributed by atoms with Crippen LogP contribution in [0.5, 0.6) is 0 Å². The number of carbonyl (C=O) groups is 3. The molecule has 7 nitrogen and oxygen atoms in total. The van der Waals surface area contributed by atoms with E-state index in [-0.39, 0.29) is 12.2 Å². The number of thioether (sulfide) groups is 1. The number of alkyl halides is 3. The van der Waals surface area contributed by atoms with E-state index < -0.39 is 51.4 Å². The summed E-state index contributed by atoms with van der Waals surface area (Å²) in [5.74, 6) is -3.42. The van der Waals surface area contributed by atoms with Crippen LogP contribution in [-0.4, -0.2) is 27.5 Å². The van der Waals surface area contributed by atoms with E-state index in [1.165, 1.54) is 10.6 Å². The Kier molecular flexibility index (Phi) is 6.82. The quantitative estimate of drug-likeness (QED) is 0.314. The van der Waals surface area contributed by atoms with Gasteiger partial charge in [0.2, 0.25) is 17.7 Å². The summed E-state index contributed by atoms with van der Waals surface area (Å²) < 4.78 is 41.6. The first-order valence-electron chi connectivity index (χ1n) is 12.5. The maximum Gasteiger partial charge on any atom is 0.416 e. The van der Waals surface area contributed by atoms with Crippen LogP contribution in [0.15, 0.2) is 94.7 Å². The first-order chi connectivity index (χ1) is 19.6. The fraction of sp³-hybridized carbons (Fsp3) is 0.172. The Balaban J connectivity index is 1.41. The largest absolute Gasteiger partial charge is 0.416 e. The third kappa shape index (κ3) is 4.87. The van der Waals surface area contributed by atoms with Crippen LogP contribution in [0.2, 0.25) is 0 Å². The molecule has 0 radical (unpaired) electrons. The minimum Gasteiger partial charge on any atom is -0.325 e. The van der Waals surface area contributed by atoms with E-state index in [9.17, 15) is 32.3 Å². The number of hydrogen-bond donors (Lipinski definition) is 1. The van der Waals surface area contributed by atoms with E-state index in [2.05, 4.69) is 5.32 Å². The van der Waals surface area contributed by atoms with Crippen molar-refractivity contribution in [2.24, 2.45) is 5.92 Å². The highest BCUT2D eigenvalue weighted by molar-refractivity contribution is 8.00. The summed E-state index contributed by atoms with van der Waals surface area (Å²) in [5, 5.41) is 2.13. The van der Waals surface area contributed by atoms with Gasteiger partial charge in [-0.05, 0) is 35.9 Å². The molecule has 2 aliphatic heterocycles. The van der Waals surface area contributed by atoms with E-state index in [0.717, 1.165) is 46.2 Å². The van der Waals surface area contributed by atoms with Gasteiger partial charge in [-0.1, -0.05) is 77.7 Å². The lowest BCUT2D eigenvalue weighted by atomic mass is 9.83. The zero-order valence-corrected chi connectivity index (χ0v) is 22.6. The lowest BCUT2D eigenvalue weighted by Gasteiger charge is -2.30. The second-order valence-electron chi connectivity index (χ2n) is 9.55. The van der Waals surface area contributed by atoms with Crippen LogP contribution in [0.1, 0.15) is 21.9 Å². The monoisotopic (exact) mass is 595 g/mol. The number of thiazole rings is 1. The number of aromatic nitrogens is 1. The van der Waals surface area contributed by atoms with Crippen molar-refractivity contribution in [2.45, 2.75) is 28.9 Å². The Morgan fingerprint density at radius 1 is 0.878 bits per heavy atom. The molecule has 3 heterocycles. The topological polar surface area (TPSA) is 88.5 Å². The molecule has 0 spiro atoms. The molecule has 1 N–H and O–H groups in total. The van der Waals surface area contributed by atoms with Crippen molar-refractivity contribution in [3.05, 3.63) is 111 Å². The predicted molar refractivity (Wildman–Crippen MR) is 149 cm³/mol. The maximum absolute atomic E-state index is 13.8. The van der Waals surface area contributed by atoms with Gasteiger partial charge in [0.1, 0.15) is 11.8 Å². The van der Waals surface area contributed by atoms with Crippen LogP contribution >= 0.6 is 23.1 Å². The highest BCUT2D eigenvalue weighted by atomic mass is 32.2. The molecule has 2 unspecified atom stereocenters. The van der Waals surface area contributed by atoms with Gasteiger partial charge in [-0.25, -0.2) is 4.90 Å². The summed E-state index contributed by atoms with van der Waals surface area (Å²) in [4.78, 5) is 54.5. The summed E-state index contributed by atoms with van der Waals surface area (Å²) in [5.41, 5.74) is 0.0887. The fourth-order valence-electron chi connectivity index (χ4n) is 5.22. The number of benzene rings is 3. The number of fused-ring (bicyclic) bond motifs is 2. The Morgan fingerprint density at radius 3 is 2.24 bits per heavy atom. The third-order valence-electron chi connectivity index (χ3n) is 7.00. The highest BCUT2D eigenvalue weighted by Crippen LogP contribution is 2.54. The van der Waals surface area contributed by atoms with Crippen molar-refractivity contribution >= 4 is 52.2 Å². The first kappa shape index (κ1) is 27.0. The van der Waals surface area contributed by atoms with E-state index in [1.54, 1.807) is 60.7 Å². The van der Waals surface area contributed by atoms with Crippen molar-refractivity contribution < 1.29 is 27.6 Å². The van der Waals surface area contributed by atoms with Gasteiger partial charge in [-0.2, -0.15) is 13.2 Å². The normalized spacial score (nSPS) is 20.1. The van der Waals surface area contributed by atoms with Crippen molar-refractivity contribution in [1.29, 1.82) is 0 Å². The number of amides is 3. The van der Waals surface area contributed by atoms with Gasteiger partial charge < -0.3 is 5.32 Å². The molecule has 3 aromatic carbocycles. The number of anilines is 2. The molecule has 1 fully saturated rings. The zero-order chi connectivity index (χ0) is 28.9. The standard InChI is InChI=1S/C29H20F3N3O4S2/c30-29(31,32)17-10-7-13-19(14-17)35-25(37)22-21(16-8-3-1-4-9-16)24-27(40-23(22)26(35)38)34(28(39)41-24)15-20(36)33-18-11-5-2-6-12-18/h1-14,21-23H,15H2,(H,33,36)/t21-,22?,23?/m1/s1. The first-order valence-corrected chi connectivity index (χ1v) is 14.2. The van der Waals surface area contributed by atoms with Crippen LogP contribution in [0, 0.1) is 5.92 Å². The molecule has 208 valence electrons. The van der Waals surface area contributed by atoms with Gasteiger partial charge >= 0.3 is 11.0 Å². The second-order valence-corrected chi connectivity index (χ2v) is 11.7. The number of imide groups is 1. The summed E-state index contributed by atoms with van der Waals surface area (Å²) in [7, 11) is 0. The van der Waals surface area contributed by atoms with E-state index >= 15 is 0 Å². The van der Waals surface area contributed by atoms with E-state index in [1.807, 2.05) is 0 Å². The molecule has 2 aliphatic rings. The van der Waals surface area contributed by atoms with E-state index in [4.69, 9.17) is 0 Å². The summed E-state index contributed by atoms with van der Waals surface area (Å²) in [6.07, 6.45) is -4.66. The van der Waals surface area contributed by atoms with Crippen molar-refractivity contribution in [1.82, 2.24) is 4.57 Å². The van der Waals surface area contributed by atoms with Gasteiger partial charge in [0.25, 0.3) is 0 Å². The number of carbonyl (C=O) groups excluding carboxylic acids is 3. The molecule has 1 saturated heterocycles. The summed E-state index contributed by atoms with van der Waals surface area (Å²) >= 11 is 1.90. The Hall–Kier alpha value is -4.16. The average Bonchev–Trinajstić information content (AvgIpc) is 3.39. The van der Waals surface area contributed by atoms with Crippen molar-refractivity contribution in [2.75, 3.05) is 10.2 Å². The summed E-state index contributed by atoms with van der Waals surface area (Å²) in [6.45, 7) is -0.315. The van der Waals surface area contributed by atoms with Gasteiger partial charge in [0.05, 0.1) is 22.2 Å². The van der Waals surface area contributed by atoms with E-state index in [0.29, 0.717) is 21.2 Å². The SMILES string of the molecule is O=C(Cn1c2c(sc1=O)[C@H](c1ccccc1)C1C(=O)N(c3cccc(C(F)(F)F)c3)C(=O)C1S2)Nc1ccccc1. The van der Waals surface area contributed by atoms with Gasteiger partial charge in [0, 0.05) is 16.5 Å². The second kappa shape index (κ2) is 10.3. The minimum atomic E-state index is -4.66. The Bertz CT molecular complexity index is 1720. The van der Waals surface area contributed by atoms with Gasteiger partial charge in [-0.3, -0.25) is 23.7 Å². The maximum atomic E-state index is 13.8. The fourth-order valence-corrected chi connectivity index (χ4v) is 7.99. The molecule has 3 atom stereocenters. The number of nitrogens with zero attached hydrogens (tertiary/aromatic N) is 2. The molecular weight excluding hydrogens is 575 g/mol. The van der Waals surface area contributed by atoms with Gasteiger partial charge in [0.15, 0.2) is 0 Å². The number of hydrogen-bond acceptors (Lipinski definition) is 6. The molecule has 3 amide bonds. The van der Waals surface area contributed by atoms with Crippen LogP contribution in [0.3, 0.4) is 0 Å². The molecular formula is C29H20F3N3O4S2. The van der Waals surface area contributed by atoms with Gasteiger partial charge in [-0.15, -0.1) is 0 Å². The molecule has 0 saturated carbocycles. The van der Waals surface area contributed by atoms with Crippen LogP contribution < -0.4 is 15.1 Å². The molecule has 41 heavy (non-hydrogen) atoms. The Labute approximate surface area is 239 Å². The van der Waals surface area contributed by atoms with Crippen molar-refractivity contribution in [3.8, 4) is 0 Å². The minimum absolute atomic E-state index is 0.167. The number of nitrogens with one attached hydrogen (secondary N) is 1. The molecule has 0 aliphatic carbocycles. The highest BCUT2D eigenvalue weighted by Gasteiger charge is 2.57. The number of rotatable bonds is 5. The van der Waals surface area contributed by atoms with Crippen LogP contribution in [0.25, 0.3) is 0 Å². The molecule has 12 heteroatoms. The average molecular weight is 596 g/mol. The molecule has 4 aromatic rings. The van der Waals surface area contributed by atoms with Crippen LogP contribution in [-0.2, 0) is 27.1 Å². The predicted octanol–water partition coefficient (Wildman–Crippen LogP) is 5.36. The lowest BCUT2D eigenvalue weighted by Crippen LogP contribution is -2.33. The Morgan fingerprint density at radius 2 is 1.56 bits per heavy atom. The molecule has 1 aromatic heterocycles. The molecule has 6 rings (SSSR count). The summed E-state index contributed by atoms with van der Waals surface area (Å²) in [6, 6.07) is 21.7. The molecule has 0 bridgehead atoms. The van der Waals surface area contributed by atoms with Crippen molar-refractivity contribution in [3.63, 3.8) is 0 Å². The lowest BCUT2D eigenvalue weighted by molar-refractivity contribution is -0.137. The zero-order valence-electron chi connectivity index (χ0n) is 21.0. The smallest absolute Gasteiger partial charge is 0.325 e. The van der Waals surface area contributed by atoms with Crippen LogP contribution in [0.4, 0.5) is 24.5 Å². The number of halogens is 3. The third-order valence-corrected chi connectivity index (χ3v) is 9.60. The number of para-hydroxylation sites is 1.